The van der Waals surface area contributed by atoms with Crippen molar-refractivity contribution in [3.05, 3.63) is 11.1 Å². The van der Waals surface area contributed by atoms with Gasteiger partial charge in [0, 0.05) is 17.8 Å². The van der Waals surface area contributed by atoms with Crippen molar-refractivity contribution in [3.63, 3.8) is 0 Å². The maximum Gasteiger partial charge on any atom is 0.229 e. The zero-order valence-corrected chi connectivity index (χ0v) is 15.9. The van der Waals surface area contributed by atoms with Gasteiger partial charge in [-0.15, -0.1) is 36.2 Å². The van der Waals surface area contributed by atoms with Crippen LogP contribution in [0.15, 0.2) is 5.38 Å². The highest BCUT2D eigenvalue weighted by Gasteiger charge is 2.29. The van der Waals surface area contributed by atoms with Crippen molar-refractivity contribution in [2.24, 2.45) is 11.8 Å². The largest absolute Gasteiger partial charge is 0.316 e. The smallest absolute Gasteiger partial charge is 0.229 e. The number of hydrogen-bond donors (Lipinski definition) is 2. The SMILES string of the molecule is CC(C(=O)Nc1nc(CN2CCCCC2)cs1)C1CNC1.Cl.Cl. The highest BCUT2D eigenvalue weighted by molar-refractivity contribution is 7.13. The highest BCUT2D eigenvalue weighted by atomic mass is 35.5. The van der Waals surface area contributed by atoms with Crippen molar-refractivity contribution >= 4 is 47.2 Å². The Kier molecular flexibility index (Phi) is 8.79. The third-order valence-corrected chi connectivity index (χ3v) is 5.36. The normalized spacial score (nSPS) is 19.9. The van der Waals surface area contributed by atoms with Gasteiger partial charge in [-0.3, -0.25) is 9.69 Å². The number of likely N-dealkylation sites (tertiary alicyclic amines) is 1. The Hall–Kier alpha value is -0.400. The third-order valence-electron chi connectivity index (χ3n) is 4.55. The lowest BCUT2D eigenvalue weighted by Gasteiger charge is -2.31. The summed E-state index contributed by atoms with van der Waals surface area (Å²) in [7, 11) is 0. The van der Waals surface area contributed by atoms with Gasteiger partial charge < -0.3 is 10.6 Å². The van der Waals surface area contributed by atoms with Gasteiger partial charge in [0.1, 0.15) is 0 Å². The molecule has 1 aromatic heterocycles. The molecule has 0 radical (unpaired) electrons. The van der Waals surface area contributed by atoms with Gasteiger partial charge in [0.05, 0.1) is 5.69 Å². The molecule has 2 N–H and O–H groups in total. The molecule has 8 heteroatoms. The van der Waals surface area contributed by atoms with Crippen LogP contribution in [-0.4, -0.2) is 42.0 Å². The van der Waals surface area contributed by atoms with Crippen molar-refractivity contribution in [2.45, 2.75) is 32.7 Å². The Morgan fingerprint density at radius 1 is 1.39 bits per heavy atom. The van der Waals surface area contributed by atoms with E-state index in [9.17, 15) is 4.79 Å². The van der Waals surface area contributed by atoms with Gasteiger partial charge in [0.2, 0.25) is 5.91 Å². The van der Waals surface area contributed by atoms with Crippen LogP contribution in [0.3, 0.4) is 0 Å². The summed E-state index contributed by atoms with van der Waals surface area (Å²) >= 11 is 1.54. The summed E-state index contributed by atoms with van der Waals surface area (Å²) in [4.78, 5) is 19.2. The monoisotopic (exact) mass is 380 g/mol. The van der Waals surface area contributed by atoms with E-state index in [1.165, 1.54) is 43.7 Å². The number of halogens is 2. The summed E-state index contributed by atoms with van der Waals surface area (Å²) < 4.78 is 0. The molecule has 3 rings (SSSR count). The van der Waals surface area contributed by atoms with E-state index in [0.29, 0.717) is 5.92 Å². The number of aromatic nitrogens is 1. The van der Waals surface area contributed by atoms with Crippen LogP contribution in [0.2, 0.25) is 0 Å². The second-order valence-corrected chi connectivity index (χ2v) is 7.04. The predicted molar refractivity (Wildman–Crippen MR) is 99.9 cm³/mol. The first kappa shape index (κ1) is 20.6. The Balaban J connectivity index is 0.00000132. The summed E-state index contributed by atoms with van der Waals surface area (Å²) in [6.07, 6.45) is 3.93. The molecule has 0 aliphatic carbocycles. The zero-order valence-electron chi connectivity index (χ0n) is 13.4. The number of nitrogens with zero attached hydrogens (tertiary/aromatic N) is 2. The minimum absolute atomic E-state index is 0. The molecular weight excluding hydrogens is 355 g/mol. The van der Waals surface area contributed by atoms with E-state index in [1.807, 2.05) is 6.92 Å². The van der Waals surface area contributed by atoms with Crippen molar-refractivity contribution < 1.29 is 4.79 Å². The first-order valence-electron chi connectivity index (χ1n) is 7.91. The molecule has 0 bridgehead atoms. The molecular formula is C15H26Cl2N4OS. The van der Waals surface area contributed by atoms with Crippen LogP contribution in [0.1, 0.15) is 31.9 Å². The number of rotatable bonds is 5. The first-order chi connectivity index (χ1) is 10.2. The standard InChI is InChI=1S/C15H24N4OS.2ClH/c1-11(12-7-16-8-12)14(20)18-15-17-13(10-21-15)9-19-5-3-2-4-6-19;;/h10-12,16H,2-9H2,1H3,(H,17,18,20);2*1H. The van der Waals surface area contributed by atoms with E-state index in [-0.39, 0.29) is 36.6 Å². The minimum Gasteiger partial charge on any atom is -0.316 e. The van der Waals surface area contributed by atoms with Crippen LogP contribution in [0.4, 0.5) is 5.13 Å². The summed E-state index contributed by atoms with van der Waals surface area (Å²) in [6, 6.07) is 0. The van der Waals surface area contributed by atoms with Gasteiger partial charge in [-0.2, -0.15) is 0 Å². The molecule has 2 aliphatic heterocycles. The van der Waals surface area contributed by atoms with Gasteiger partial charge in [-0.25, -0.2) is 4.98 Å². The van der Waals surface area contributed by atoms with Crippen LogP contribution >= 0.6 is 36.2 Å². The molecule has 0 spiro atoms. The molecule has 132 valence electrons. The molecule has 2 saturated heterocycles. The Labute approximate surface area is 154 Å². The average molecular weight is 381 g/mol. The number of piperidine rings is 1. The molecule has 1 atom stereocenters. The molecule has 1 aromatic rings. The zero-order chi connectivity index (χ0) is 14.7. The van der Waals surface area contributed by atoms with Gasteiger partial charge in [-0.05, 0) is 44.9 Å². The van der Waals surface area contributed by atoms with E-state index in [0.717, 1.165) is 30.5 Å². The fourth-order valence-corrected chi connectivity index (χ4v) is 3.59. The van der Waals surface area contributed by atoms with E-state index in [4.69, 9.17) is 0 Å². The van der Waals surface area contributed by atoms with Crippen molar-refractivity contribution in [2.75, 3.05) is 31.5 Å². The molecule has 1 unspecified atom stereocenters. The first-order valence-corrected chi connectivity index (χ1v) is 8.78. The van der Waals surface area contributed by atoms with Crippen molar-refractivity contribution in [1.29, 1.82) is 0 Å². The number of carbonyl (C=O) groups is 1. The highest BCUT2D eigenvalue weighted by Crippen LogP contribution is 2.22. The van der Waals surface area contributed by atoms with Gasteiger partial charge in [-0.1, -0.05) is 13.3 Å². The van der Waals surface area contributed by atoms with Crippen LogP contribution in [0, 0.1) is 11.8 Å². The quantitative estimate of drug-likeness (QED) is 0.824. The number of carbonyl (C=O) groups excluding carboxylic acids is 1. The topological polar surface area (TPSA) is 57.3 Å². The van der Waals surface area contributed by atoms with Crippen LogP contribution < -0.4 is 10.6 Å². The van der Waals surface area contributed by atoms with E-state index in [1.54, 1.807) is 0 Å². The molecule has 1 amide bonds. The van der Waals surface area contributed by atoms with Crippen LogP contribution in [0.25, 0.3) is 0 Å². The minimum atomic E-state index is 0. The molecule has 3 heterocycles. The third kappa shape index (κ3) is 5.57. The average Bonchev–Trinajstić information content (AvgIpc) is 2.85. The molecule has 2 aliphatic rings. The lowest BCUT2D eigenvalue weighted by molar-refractivity contribution is -0.121. The Morgan fingerprint density at radius 3 is 2.70 bits per heavy atom. The summed E-state index contributed by atoms with van der Waals surface area (Å²) in [5, 5.41) is 8.99. The fourth-order valence-electron chi connectivity index (χ4n) is 2.88. The second-order valence-electron chi connectivity index (χ2n) is 6.18. The van der Waals surface area contributed by atoms with E-state index >= 15 is 0 Å². The molecule has 0 saturated carbocycles. The maximum absolute atomic E-state index is 12.2. The van der Waals surface area contributed by atoms with Crippen LogP contribution in [-0.2, 0) is 11.3 Å². The number of thiazole rings is 1. The van der Waals surface area contributed by atoms with Gasteiger partial charge in [0.25, 0.3) is 0 Å². The fraction of sp³-hybridized carbons (Fsp3) is 0.733. The summed E-state index contributed by atoms with van der Waals surface area (Å²) in [6.45, 7) is 7.16. The number of amides is 1. The number of nitrogens with one attached hydrogen (secondary N) is 2. The van der Waals surface area contributed by atoms with Crippen LogP contribution in [0.5, 0.6) is 0 Å². The van der Waals surface area contributed by atoms with Gasteiger partial charge >= 0.3 is 0 Å². The molecule has 0 aromatic carbocycles. The molecule has 2 fully saturated rings. The van der Waals surface area contributed by atoms with E-state index < -0.39 is 0 Å². The predicted octanol–water partition coefficient (Wildman–Crippen LogP) is 2.77. The summed E-state index contributed by atoms with van der Waals surface area (Å²) in [5.74, 6) is 0.624. The Morgan fingerprint density at radius 2 is 2.09 bits per heavy atom. The van der Waals surface area contributed by atoms with Gasteiger partial charge in [0.15, 0.2) is 5.13 Å². The summed E-state index contributed by atoms with van der Waals surface area (Å²) in [5.41, 5.74) is 1.08. The molecule has 5 nitrogen and oxygen atoms in total. The van der Waals surface area contributed by atoms with E-state index in [2.05, 4.69) is 25.9 Å². The number of anilines is 1. The maximum atomic E-state index is 12.2. The molecule has 23 heavy (non-hydrogen) atoms. The number of hydrogen-bond acceptors (Lipinski definition) is 5. The van der Waals surface area contributed by atoms with Crippen molar-refractivity contribution in [3.8, 4) is 0 Å². The lowest BCUT2D eigenvalue weighted by atomic mass is 9.88. The second kappa shape index (κ2) is 9.79. The lowest BCUT2D eigenvalue weighted by Crippen LogP contribution is -2.48. The Bertz CT molecular complexity index is 490. The van der Waals surface area contributed by atoms with Crippen molar-refractivity contribution in [1.82, 2.24) is 15.2 Å².